The number of benzene rings is 1. The molecule has 0 spiro atoms. The molecule has 2 rings (SSSR count). The molecule has 0 aliphatic rings. The van der Waals surface area contributed by atoms with E-state index in [1.54, 1.807) is 0 Å². The topological polar surface area (TPSA) is 58.0 Å². The Hall–Kier alpha value is -2.02. The zero-order valence-corrected chi connectivity index (χ0v) is 9.74. The molecule has 0 saturated carbocycles. The molecule has 0 aliphatic heterocycles. The third kappa shape index (κ3) is 2.70. The highest BCUT2D eigenvalue weighted by atomic mass is 19.4. The maximum absolute atomic E-state index is 12.6. The SMILES string of the molecule is O=c1c(CCO)c[nH]n1-c1cccc(C(F)(F)F)c1. The molecule has 2 N–H and O–H groups in total. The fourth-order valence-electron chi connectivity index (χ4n) is 1.72. The predicted molar refractivity (Wildman–Crippen MR) is 62.2 cm³/mol. The van der Waals surface area contributed by atoms with E-state index >= 15 is 0 Å². The van der Waals surface area contributed by atoms with Crippen LogP contribution in [0.2, 0.25) is 0 Å². The molecule has 1 heterocycles. The second-order valence-corrected chi connectivity index (χ2v) is 3.96. The number of aliphatic hydroxyl groups excluding tert-OH is 1. The molecule has 4 nitrogen and oxygen atoms in total. The zero-order chi connectivity index (χ0) is 14.0. The zero-order valence-electron chi connectivity index (χ0n) is 9.74. The largest absolute Gasteiger partial charge is 0.416 e. The van der Waals surface area contributed by atoms with Crippen LogP contribution in [0.1, 0.15) is 11.1 Å². The quantitative estimate of drug-likeness (QED) is 0.893. The lowest BCUT2D eigenvalue weighted by molar-refractivity contribution is -0.137. The fraction of sp³-hybridized carbons (Fsp3) is 0.250. The number of nitrogens with zero attached hydrogens (tertiary/aromatic N) is 1. The summed E-state index contributed by atoms with van der Waals surface area (Å²) in [6.45, 7) is -0.199. The van der Waals surface area contributed by atoms with E-state index in [2.05, 4.69) is 5.10 Å². The predicted octanol–water partition coefficient (Wildman–Crippen LogP) is 1.72. The first-order chi connectivity index (χ1) is 8.93. The van der Waals surface area contributed by atoms with E-state index in [1.165, 1.54) is 18.3 Å². The summed E-state index contributed by atoms with van der Waals surface area (Å²) in [6.07, 6.45) is -2.93. The van der Waals surface area contributed by atoms with E-state index in [9.17, 15) is 18.0 Å². The Morgan fingerprint density at radius 2 is 2.05 bits per heavy atom. The van der Waals surface area contributed by atoms with Gasteiger partial charge in [0, 0.05) is 24.8 Å². The monoisotopic (exact) mass is 272 g/mol. The van der Waals surface area contributed by atoms with Crippen molar-refractivity contribution in [2.75, 3.05) is 6.61 Å². The third-order valence-corrected chi connectivity index (χ3v) is 2.66. The van der Waals surface area contributed by atoms with E-state index in [0.717, 1.165) is 16.8 Å². The van der Waals surface area contributed by atoms with Gasteiger partial charge in [0.1, 0.15) is 0 Å². The molecule has 2 aromatic rings. The lowest BCUT2D eigenvalue weighted by Gasteiger charge is -2.08. The van der Waals surface area contributed by atoms with Gasteiger partial charge in [0.2, 0.25) is 0 Å². The van der Waals surface area contributed by atoms with Crippen LogP contribution in [0.5, 0.6) is 0 Å². The lowest BCUT2D eigenvalue weighted by atomic mass is 10.2. The number of nitrogens with one attached hydrogen (secondary N) is 1. The van der Waals surface area contributed by atoms with Crippen LogP contribution in [0, 0.1) is 0 Å². The minimum absolute atomic E-state index is 0.101. The molecule has 0 amide bonds. The summed E-state index contributed by atoms with van der Waals surface area (Å²) in [5, 5.41) is 11.3. The highest BCUT2D eigenvalue weighted by Gasteiger charge is 2.30. The smallest absolute Gasteiger partial charge is 0.396 e. The van der Waals surface area contributed by atoms with Gasteiger partial charge < -0.3 is 5.11 Å². The molecule has 102 valence electrons. The highest BCUT2D eigenvalue weighted by Crippen LogP contribution is 2.29. The van der Waals surface area contributed by atoms with Crippen molar-refractivity contribution in [2.24, 2.45) is 0 Å². The number of hydrogen-bond acceptors (Lipinski definition) is 2. The fourth-order valence-corrected chi connectivity index (χ4v) is 1.72. The number of aromatic amines is 1. The molecular formula is C12H11F3N2O2. The molecule has 1 aromatic carbocycles. The summed E-state index contributed by atoms with van der Waals surface area (Å²) in [7, 11) is 0. The summed E-state index contributed by atoms with van der Waals surface area (Å²) in [5.41, 5.74) is -0.868. The number of H-pyrrole nitrogens is 1. The van der Waals surface area contributed by atoms with E-state index in [1.807, 2.05) is 0 Å². The number of rotatable bonds is 3. The second-order valence-electron chi connectivity index (χ2n) is 3.96. The van der Waals surface area contributed by atoms with Gasteiger partial charge in [-0.2, -0.15) is 13.2 Å². The van der Waals surface area contributed by atoms with E-state index in [-0.39, 0.29) is 18.7 Å². The summed E-state index contributed by atoms with van der Waals surface area (Å²) < 4.78 is 38.8. The molecule has 0 aliphatic carbocycles. The Bertz CT molecular complexity index is 628. The number of hydrogen-bond donors (Lipinski definition) is 2. The van der Waals surface area contributed by atoms with Crippen LogP contribution in [0.4, 0.5) is 13.2 Å². The van der Waals surface area contributed by atoms with Crippen molar-refractivity contribution in [2.45, 2.75) is 12.6 Å². The van der Waals surface area contributed by atoms with Crippen LogP contribution in [0.15, 0.2) is 35.3 Å². The summed E-state index contributed by atoms with van der Waals surface area (Å²) >= 11 is 0. The van der Waals surface area contributed by atoms with Crippen molar-refractivity contribution in [1.29, 1.82) is 0 Å². The van der Waals surface area contributed by atoms with Crippen molar-refractivity contribution in [3.63, 3.8) is 0 Å². The molecule has 0 radical (unpaired) electrons. The first kappa shape index (κ1) is 13.4. The normalized spacial score (nSPS) is 11.8. The van der Waals surface area contributed by atoms with Crippen molar-refractivity contribution in [3.8, 4) is 5.69 Å². The Labute approximate surface area is 106 Å². The Balaban J connectivity index is 2.45. The van der Waals surface area contributed by atoms with Gasteiger partial charge in [-0.25, -0.2) is 4.68 Å². The van der Waals surface area contributed by atoms with E-state index in [0.29, 0.717) is 5.56 Å². The molecule has 0 atom stereocenters. The lowest BCUT2D eigenvalue weighted by Crippen LogP contribution is -2.18. The Morgan fingerprint density at radius 1 is 1.32 bits per heavy atom. The summed E-state index contributed by atoms with van der Waals surface area (Å²) in [5.74, 6) is 0. The Morgan fingerprint density at radius 3 is 2.68 bits per heavy atom. The standard InChI is InChI=1S/C12H11F3N2O2/c13-12(14,15)9-2-1-3-10(6-9)17-11(19)8(4-5-18)7-16-17/h1-3,6-7,16,18H,4-5H2. The minimum atomic E-state index is -4.46. The van der Waals surface area contributed by atoms with Crippen LogP contribution in [-0.4, -0.2) is 21.5 Å². The minimum Gasteiger partial charge on any atom is -0.396 e. The molecule has 0 saturated heterocycles. The van der Waals surface area contributed by atoms with Crippen LogP contribution in [0.25, 0.3) is 5.69 Å². The van der Waals surface area contributed by atoms with Gasteiger partial charge in [0.05, 0.1) is 11.3 Å². The van der Waals surface area contributed by atoms with Crippen LogP contribution >= 0.6 is 0 Å². The average molecular weight is 272 g/mol. The molecule has 7 heteroatoms. The highest BCUT2D eigenvalue weighted by molar-refractivity contribution is 5.36. The van der Waals surface area contributed by atoms with Gasteiger partial charge in [0.25, 0.3) is 5.56 Å². The molecule has 1 aromatic heterocycles. The number of aromatic nitrogens is 2. The van der Waals surface area contributed by atoms with E-state index < -0.39 is 17.3 Å². The van der Waals surface area contributed by atoms with Gasteiger partial charge >= 0.3 is 6.18 Å². The average Bonchev–Trinajstić information content (AvgIpc) is 2.71. The van der Waals surface area contributed by atoms with Crippen LogP contribution < -0.4 is 5.56 Å². The molecule has 0 bridgehead atoms. The van der Waals surface area contributed by atoms with Gasteiger partial charge in [0.15, 0.2) is 0 Å². The molecule has 19 heavy (non-hydrogen) atoms. The van der Waals surface area contributed by atoms with Gasteiger partial charge in [-0.3, -0.25) is 9.89 Å². The first-order valence-electron chi connectivity index (χ1n) is 5.51. The van der Waals surface area contributed by atoms with Crippen molar-refractivity contribution in [3.05, 3.63) is 51.9 Å². The van der Waals surface area contributed by atoms with Crippen molar-refractivity contribution >= 4 is 0 Å². The third-order valence-electron chi connectivity index (χ3n) is 2.66. The molecule has 0 unspecified atom stereocenters. The molecule has 0 fully saturated rings. The van der Waals surface area contributed by atoms with Crippen molar-refractivity contribution in [1.82, 2.24) is 9.78 Å². The summed E-state index contributed by atoms with van der Waals surface area (Å²) in [4.78, 5) is 11.9. The van der Waals surface area contributed by atoms with Crippen LogP contribution in [-0.2, 0) is 12.6 Å². The van der Waals surface area contributed by atoms with E-state index in [4.69, 9.17) is 5.11 Å². The van der Waals surface area contributed by atoms with Crippen LogP contribution in [0.3, 0.4) is 0 Å². The number of halogens is 3. The maximum atomic E-state index is 12.6. The second kappa shape index (κ2) is 4.93. The van der Waals surface area contributed by atoms with Crippen molar-refractivity contribution < 1.29 is 18.3 Å². The first-order valence-corrected chi connectivity index (χ1v) is 5.51. The number of alkyl halides is 3. The summed E-state index contributed by atoms with van der Waals surface area (Å²) in [6, 6.07) is 4.46. The van der Waals surface area contributed by atoms with Gasteiger partial charge in [-0.15, -0.1) is 0 Å². The maximum Gasteiger partial charge on any atom is 0.416 e. The number of aliphatic hydroxyl groups is 1. The van der Waals surface area contributed by atoms with Gasteiger partial charge in [-0.05, 0) is 18.2 Å². The molecular weight excluding hydrogens is 261 g/mol. The van der Waals surface area contributed by atoms with Gasteiger partial charge in [-0.1, -0.05) is 6.07 Å². The Kier molecular flexibility index (Phi) is 3.48.